The molecule has 206 valence electrons. The van der Waals surface area contributed by atoms with Crippen molar-refractivity contribution in [3.63, 3.8) is 0 Å². The van der Waals surface area contributed by atoms with Crippen molar-refractivity contribution < 1.29 is 27.9 Å². The molecule has 37 heavy (non-hydrogen) atoms. The minimum atomic E-state index is -4.78. The van der Waals surface area contributed by atoms with E-state index in [1.165, 1.54) is 18.7 Å². The number of carbonyl (C=O) groups excluding carboxylic acids is 2. The summed E-state index contributed by atoms with van der Waals surface area (Å²) in [6, 6.07) is -1.43. The summed E-state index contributed by atoms with van der Waals surface area (Å²) in [4.78, 5) is 35.7. The zero-order valence-corrected chi connectivity index (χ0v) is 23.0. The molecule has 1 unspecified atom stereocenters. The van der Waals surface area contributed by atoms with E-state index >= 15 is 0 Å². The fourth-order valence-electron chi connectivity index (χ4n) is 3.81. The number of carbonyl (C=O) groups is 2. The number of aliphatic hydroxyl groups is 1. The van der Waals surface area contributed by atoms with Crippen molar-refractivity contribution in [2.24, 2.45) is 4.99 Å². The lowest BCUT2D eigenvalue weighted by molar-refractivity contribution is -0.138. The van der Waals surface area contributed by atoms with Crippen LogP contribution in [0.15, 0.2) is 17.3 Å². The van der Waals surface area contributed by atoms with E-state index in [9.17, 15) is 27.9 Å². The second kappa shape index (κ2) is 11.8. The highest BCUT2D eigenvalue weighted by molar-refractivity contribution is 7.81. The summed E-state index contributed by atoms with van der Waals surface area (Å²) in [5.41, 5.74) is -2.18. The van der Waals surface area contributed by atoms with Gasteiger partial charge in [-0.05, 0) is 67.4 Å². The minimum absolute atomic E-state index is 0.00795. The van der Waals surface area contributed by atoms with Crippen LogP contribution in [0.4, 0.5) is 19.0 Å². The van der Waals surface area contributed by atoms with Crippen LogP contribution < -0.4 is 10.6 Å². The lowest BCUT2D eigenvalue weighted by Gasteiger charge is -2.27. The number of aromatic nitrogens is 1. The molecule has 1 aliphatic rings. The fourth-order valence-corrected chi connectivity index (χ4v) is 4.13. The van der Waals surface area contributed by atoms with Gasteiger partial charge in [0.2, 0.25) is 0 Å². The maximum Gasteiger partial charge on any atom is 0.417 e. The Morgan fingerprint density at radius 2 is 1.89 bits per heavy atom. The summed E-state index contributed by atoms with van der Waals surface area (Å²) in [7, 11) is 0. The number of thiocarbonyl (C=S) groups is 1. The van der Waals surface area contributed by atoms with Crippen molar-refractivity contribution >= 4 is 40.4 Å². The fraction of sp³-hybridized carbons (Fsp3) is 0.640. The number of anilines is 1. The van der Waals surface area contributed by atoms with Crippen LogP contribution in [0.25, 0.3) is 0 Å². The van der Waals surface area contributed by atoms with Gasteiger partial charge < -0.3 is 20.6 Å². The predicted octanol–water partition coefficient (Wildman–Crippen LogP) is 3.75. The van der Waals surface area contributed by atoms with E-state index in [0.29, 0.717) is 6.54 Å². The van der Waals surface area contributed by atoms with Gasteiger partial charge in [-0.2, -0.15) is 13.2 Å². The number of nitrogens with one attached hydrogen (secondary N) is 2. The van der Waals surface area contributed by atoms with Gasteiger partial charge >= 0.3 is 6.18 Å². The molecular formula is C25H36F3N5O3S. The van der Waals surface area contributed by atoms with Crippen molar-refractivity contribution in [1.29, 1.82) is 0 Å². The number of halogens is 3. The first-order chi connectivity index (χ1) is 16.9. The first-order valence-electron chi connectivity index (χ1n) is 12.2. The number of pyridine rings is 1. The Balaban J connectivity index is 2.56. The van der Waals surface area contributed by atoms with Gasteiger partial charge in [0.25, 0.3) is 11.8 Å². The molecular weight excluding hydrogens is 507 g/mol. The average molecular weight is 544 g/mol. The number of hydrogen-bond donors (Lipinski definition) is 3. The van der Waals surface area contributed by atoms with Gasteiger partial charge in [-0.25, -0.2) is 4.98 Å². The second-order valence-corrected chi connectivity index (χ2v) is 10.9. The second-order valence-electron chi connectivity index (χ2n) is 10.5. The number of hydrogen-bond acceptors (Lipinski definition) is 7. The number of amides is 2. The summed E-state index contributed by atoms with van der Waals surface area (Å²) >= 11 is 5.45. The normalized spacial score (nSPS) is 19.3. The topological polar surface area (TPSA) is 107 Å². The Kier molecular flexibility index (Phi) is 9.81. The Labute approximate surface area is 221 Å². The van der Waals surface area contributed by atoms with Gasteiger partial charge in [0.15, 0.2) is 6.04 Å². The molecule has 0 spiro atoms. The molecule has 0 aliphatic carbocycles. The Hall–Kier alpha value is -2.60. The molecule has 1 saturated heterocycles. The van der Waals surface area contributed by atoms with E-state index in [-0.39, 0.29) is 22.4 Å². The van der Waals surface area contributed by atoms with Gasteiger partial charge in [0.05, 0.1) is 28.3 Å². The van der Waals surface area contributed by atoms with Crippen LogP contribution in [0.3, 0.4) is 0 Å². The van der Waals surface area contributed by atoms with Crippen molar-refractivity contribution in [1.82, 2.24) is 15.2 Å². The first-order valence-corrected chi connectivity index (χ1v) is 12.6. The average Bonchev–Trinajstić information content (AvgIpc) is 3.20. The van der Waals surface area contributed by atoms with Gasteiger partial charge in [0.1, 0.15) is 5.82 Å². The molecule has 0 bridgehead atoms. The van der Waals surface area contributed by atoms with Crippen molar-refractivity contribution in [2.45, 2.75) is 97.3 Å². The van der Waals surface area contributed by atoms with Crippen LogP contribution in [0.1, 0.15) is 72.4 Å². The van der Waals surface area contributed by atoms with E-state index in [2.05, 4.69) is 20.6 Å². The molecule has 8 nitrogen and oxygen atoms in total. The lowest BCUT2D eigenvalue weighted by atomic mass is 10.00. The minimum Gasteiger partial charge on any atom is -0.391 e. The number of nitrogens with zero attached hydrogens (tertiary/aromatic N) is 3. The Bertz CT molecular complexity index is 1050. The highest BCUT2D eigenvalue weighted by Crippen LogP contribution is 2.35. The first kappa shape index (κ1) is 30.6. The highest BCUT2D eigenvalue weighted by Gasteiger charge is 2.40. The maximum absolute atomic E-state index is 14.1. The van der Waals surface area contributed by atoms with Gasteiger partial charge in [-0.3, -0.25) is 14.6 Å². The van der Waals surface area contributed by atoms with Crippen LogP contribution in [0.5, 0.6) is 0 Å². The van der Waals surface area contributed by atoms with E-state index in [0.717, 1.165) is 25.1 Å². The number of aliphatic hydroxyl groups excluding tert-OH is 1. The third kappa shape index (κ3) is 8.19. The van der Waals surface area contributed by atoms with Gasteiger partial charge in [-0.1, -0.05) is 12.2 Å². The number of likely N-dealkylation sites (tertiary alicyclic amines) is 1. The maximum atomic E-state index is 14.1. The van der Waals surface area contributed by atoms with Gasteiger partial charge in [0, 0.05) is 29.9 Å². The van der Waals surface area contributed by atoms with E-state index in [1.54, 1.807) is 27.7 Å². The molecule has 2 rings (SSSR count). The number of aliphatic imine (C=N–C) groups is 1. The SMILES string of the molecule is C/C(=N\C(C(=O)N1CCC[C@@H]1C)C(=S)c1cnc(NC(C)(C)C)cc1C(F)(F)F)C(=O)N[C@H](C)[C@H](C)O. The molecule has 2 heterocycles. The largest absolute Gasteiger partial charge is 0.417 e. The predicted molar refractivity (Wildman–Crippen MR) is 141 cm³/mol. The molecule has 3 N–H and O–H groups in total. The van der Waals surface area contributed by atoms with Crippen LogP contribution in [-0.4, -0.2) is 73.7 Å². The summed E-state index contributed by atoms with van der Waals surface area (Å²) in [6.07, 6.45) is -3.16. The van der Waals surface area contributed by atoms with Crippen molar-refractivity contribution in [3.8, 4) is 0 Å². The molecule has 12 heteroatoms. The summed E-state index contributed by atoms with van der Waals surface area (Å²) < 4.78 is 42.4. The smallest absolute Gasteiger partial charge is 0.391 e. The quantitative estimate of drug-likeness (QED) is 0.262. The molecule has 1 aromatic heterocycles. The molecule has 0 radical (unpaired) electrons. The zero-order chi connectivity index (χ0) is 28.3. The third-order valence-electron chi connectivity index (χ3n) is 6.03. The molecule has 0 aromatic carbocycles. The summed E-state index contributed by atoms with van der Waals surface area (Å²) in [6.45, 7) is 12.0. The molecule has 1 aliphatic heterocycles. The molecule has 1 aromatic rings. The van der Waals surface area contributed by atoms with E-state index in [1.807, 2.05) is 6.92 Å². The van der Waals surface area contributed by atoms with E-state index < -0.39 is 52.8 Å². The van der Waals surface area contributed by atoms with Crippen LogP contribution in [-0.2, 0) is 15.8 Å². The lowest BCUT2D eigenvalue weighted by Crippen LogP contribution is -2.46. The Morgan fingerprint density at radius 1 is 1.27 bits per heavy atom. The summed E-state index contributed by atoms with van der Waals surface area (Å²) in [5, 5.41) is 15.1. The standard InChI is InChI=1S/C25H36F3N5O3S/c1-13-9-8-10-33(13)23(36)20(30-15(3)22(35)31-14(2)16(4)34)21(37)17-12-29-19(32-24(5,6)7)11-18(17)25(26,27)28/h11-14,16,20,34H,8-10H2,1-7H3,(H,29,32)(H,31,35)/b30-15+/t13-,14+,16-,20?/m0/s1. The molecule has 0 saturated carbocycles. The van der Waals surface area contributed by atoms with Crippen LogP contribution in [0.2, 0.25) is 0 Å². The van der Waals surface area contributed by atoms with Crippen molar-refractivity contribution in [3.05, 3.63) is 23.4 Å². The highest BCUT2D eigenvalue weighted by atomic mass is 32.1. The Morgan fingerprint density at radius 3 is 2.38 bits per heavy atom. The number of alkyl halides is 3. The molecule has 2 amide bonds. The van der Waals surface area contributed by atoms with E-state index in [4.69, 9.17) is 12.2 Å². The monoisotopic (exact) mass is 543 g/mol. The van der Waals surface area contributed by atoms with Crippen molar-refractivity contribution in [2.75, 3.05) is 11.9 Å². The number of rotatable bonds is 8. The molecule has 4 atom stereocenters. The summed E-state index contributed by atoms with van der Waals surface area (Å²) in [5.74, 6) is -1.23. The third-order valence-corrected chi connectivity index (χ3v) is 6.47. The van der Waals surface area contributed by atoms with Gasteiger partial charge in [-0.15, -0.1) is 0 Å². The van der Waals surface area contributed by atoms with Crippen LogP contribution in [0, 0.1) is 0 Å². The zero-order valence-electron chi connectivity index (χ0n) is 22.2. The van der Waals surface area contributed by atoms with Crippen LogP contribution >= 0.6 is 12.2 Å². The molecule has 1 fully saturated rings.